The lowest BCUT2D eigenvalue weighted by molar-refractivity contribution is -0.121. The van der Waals surface area contributed by atoms with E-state index in [-0.39, 0.29) is 28.9 Å². The average molecular weight is 482 g/mol. The van der Waals surface area contributed by atoms with Gasteiger partial charge >= 0.3 is 0 Å². The summed E-state index contributed by atoms with van der Waals surface area (Å²) in [6.45, 7) is 3.89. The third-order valence-electron chi connectivity index (χ3n) is 5.14. The number of hydrogen-bond donors (Lipinski definition) is 1. The molecule has 1 N–H and O–H groups in total. The number of hydrogen-bond acceptors (Lipinski definition) is 6. The number of carbonyl (C=O) groups excluding carboxylic acids is 1. The first-order valence-electron chi connectivity index (χ1n) is 10.3. The molecule has 10 heteroatoms. The number of ether oxygens (including phenoxy) is 2. The predicted octanol–water partition coefficient (Wildman–Crippen LogP) is 1.99. The van der Waals surface area contributed by atoms with E-state index in [1.165, 1.54) is 25.3 Å². The highest BCUT2D eigenvalue weighted by molar-refractivity contribution is 7.89. The van der Waals surface area contributed by atoms with Gasteiger partial charge < -0.3 is 14.8 Å². The van der Waals surface area contributed by atoms with E-state index in [9.17, 15) is 13.2 Å². The minimum absolute atomic E-state index is 0.000322. The Kier molecular flexibility index (Phi) is 8.89. The van der Waals surface area contributed by atoms with Crippen LogP contribution in [0.2, 0.25) is 5.02 Å². The van der Waals surface area contributed by atoms with Gasteiger partial charge in [0.2, 0.25) is 15.9 Å². The first kappa shape index (κ1) is 24.5. The molecular weight excluding hydrogens is 454 g/mol. The molecule has 1 saturated heterocycles. The Morgan fingerprint density at radius 2 is 1.91 bits per heavy atom. The summed E-state index contributed by atoms with van der Waals surface area (Å²) >= 11 is 6.15. The van der Waals surface area contributed by atoms with E-state index < -0.39 is 10.0 Å². The van der Waals surface area contributed by atoms with E-state index in [2.05, 4.69) is 10.2 Å². The van der Waals surface area contributed by atoms with Gasteiger partial charge in [0, 0.05) is 32.7 Å². The highest BCUT2D eigenvalue weighted by Gasteiger charge is 2.27. The van der Waals surface area contributed by atoms with Crippen LogP contribution in [0.4, 0.5) is 0 Å². The number of rotatable bonds is 10. The molecule has 1 fully saturated rings. The number of sulfonamides is 1. The van der Waals surface area contributed by atoms with E-state index >= 15 is 0 Å². The number of amides is 1. The zero-order chi connectivity index (χ0) is 23.0. The summed E-state index contributed by atoms with van der Waals surface area (Å²) in [7, 11) is -2.53. The van der Waals surface area contributed by atoms with Crippen molar-refractivity contribution in [3.05, 3.63) is 59.1 Å². The average Bonchev–Trinajstić information content (AvgIpc) is 2.80. The van der Waals surface area contributed by atoms with Crippen molar-refractivity contribution in [1.29, 1.82) is 0 Å². The summed E-state index contributed by atoms with van der Waals surface area (Å²) in [5, 5.41) is 3.01. The van der Waals surface area contributed by atoms with Gasteiger partial charge in [-0.05, 0) is 23.8 Å². The van der Waals surface area contributed by atoms with Crippen LogP contribution in [0.1, 0.15) is 5.56 Å². The van der Waals surface area contributed by atoms with Gasteiger partial charge in [-0.3, -0.25) is 9.69 Å². The molecule has 8 nitrogen and oxygen atoms in total. The van der Waals surface area contributed by atoms with E-state index in [4.69, 9.17) is 21.1 Å². The van der Waals surface area contributed by atoms with Crippen molar-refractivity contribution < 1.29 is 22.7 Å². The Bertz CT molecular complexity index is 998. The predicted molar refractivity (Wildman–Crippen MR) is 122 cm³/mol. The second-order valence-corrected chi connectivity index (χ2v) is 9.70. The molecular formula is C22H28ClN3O5S. The second-order valence-electron chi connectivity index (χ2n) is 7.36. The molecule has 0 spiro atoms. The van der Waals surface area contributed by atoms with Gasteiger partial charge in [0.05, 0.1) is 36.8 Å². The monoisotopic (exact) mass is 481 g/mol. The lowest BCUT2D eigenvalue weighted by Crippen LogP contribution is -2.44. The molecule has 2 aromatic carbocycles. The molecule has 3 rings (SSSR count). The minimum Gasteiger partial charge on any atom is -0.495 e. The van der Waals surface area contributed by atoms with Crippen LogP contribution < -0.4 is 10.1 Å². The standard InChI is InChI=1S/C22H28ClN3O5S/c1-30-21-8-7-19(15-20(21)23)32(28,29)26(16-18-5-3-2-4-6-18)17-22(27)24-9-10-25-11-13-31-14-12-25/h2-8,15H,9-14,16-17H2,1H3,(H,24,27). The van der Waals surface area contributed by atoms with Crippen LogP contribution in [-0.2, 0) is 26.1 Å². The van der Waals surface area contributed by atoms with Gasteiger partial charge in [-0.1, -0.05) is 41.9 Å². The number of benzene rings is 2. The van der Waals surface area contributed by atoms with Crippen LogP contribution in [0.5, 0.6) is 5.75 Å². The fourth-order valence-corrected chi connectivity index (χ4v) is 5.10. The molecule has 0 saturated carbocycles. The third kappa shape index (κ3) is 6.66. The Balaban J connectivity index is 1.72. The Morgan fingerprint density at radius 1 is 1.19 bits per heavy atom. The number of carbonyl (C=O) groups is 1. The zero-order valence-electron chi connectivity index (χ0n) is 18.0. The van der Waals surface area contributed by atoms with Crippen molar-refractivity contribution in [3.8, 4) is 5.75 Å². The van der Waals surface area contributed by atoms with Crippen molar-refractivity contribution >= 4 is 27.5 Å². The molecule has 32 heavy (non-hydrogen) atoms. The first-order valence-corrected chi connectivity index (χ1v) is 12.2. The quantitative estimate of drug-likeness (QED) is 0.558. The lowest BCUT2D eigenvalue weighted by atomic mass is 10.2. The van der Waals surface area contributed by atoms with Crippen LogP contribution >= 0.6 is 11.6 Å². The summed E-state index contributed by atoms with van der Waals surface area (Å²) in [4.78, 5) is 14.8. The van der Waals surface area contributed by atoms with Crippen LogP contribution in [0.15, 0.2) is 53.4 Å². The topological polar surface area (TPSA) is 88.2 Å². The highest BCUT2D eigenvalue weighted by Crippen LogP contribution is 2.28. The number of halogens is 1. The zero-order valence-corrected chi connectivity index (χ0v) is 19.6. The Morgan fingerprint density at radius 3 is 2.56 bits per heavy atom. The van der Waals surface area contributed by atoms with Crippen molar-refractivity contribution in [2.24, 2.45) is 0 Å². The summed E-state index contributed by atoms with van der Waals surface area (Å²) < 4.78 is 38.3. The van der Waals surface area contributed by atoms with E-state index in [0.717, 1.165) is 23.0 Å². The van der Waals surface area contributed by atoms with Crippen LogP contribution in [0.3, 0.4) is 0 Å². The molecule has 0 aromatic heterocycles. The third-order valence-corrected chi connectivity index (χ3v) is 7.22. The maximum atomic E-state index is 13.4. The number of nitrogens with one attached hydrogen (secondary N) is 1. The van der Waals surface area contributed by atoms with Crippen molar-refractivity contribution in [2.75, 3.05) is 53.0 Å². The molecule has 0 bridgehead atoms. The molecule has 0 radical (unpaired) electrons. The van der Waals surface area contributed by atoms with Gasteiger partial charge in [0.1, 0.15) is 5.75 Å². The van der Waals surface area contributed by atoms with Crippen molar-refractivity contribution in [1.82, 2.24) is 14.5 Å². The van der Waals surface area contributed by atoms with Crippen molar-refractivity contribution in [2.45, 2.75) is 11.4 Å². The number of nitrogens with zero attached hydrogens (tertiary/aromatic N) is 2. The Hall–Kier alpha value is -2.17. The van der Waals surface area contributed by atoms with E-state index in [0.29, 0.717) is 32.1 Å². The molecule has 1 aliphatic rings. The maximum absolute atomic E-state index is 13.4. The summed E-state index contributed by atoms with van der Waals surface area (Å²) in [5.74, 6) is 0.0125. The lowest BCUT2D eigenvalue weighted by Gasteiger charge is -2.27. The fourth-order valence-electron chi connectivity index (χ4n) is 3.36. The summed E-state index contributed by atoms with van der Waals surface area (Å²) in [6, 6.07) is 13.4. The SMILES string of the molecule is COc1ccc(S(=O)(=O)N(CC(=O)NCCN2CCOCC2)Cc2ccccc2)cc1Cl. The van der Waals surface area contributed by atoms with Gasteiger partial charge in [-0.2, -0.15) is 4.31 Å². The molecule has 1 heterocycles. The largest absolute Gasteiger partial charge is 0.495 e. The number of methoxy groups -OCH3 is 1. The van der Waals surface area contributed by atoms with Crippen LogP contribution in [0.25, 0.3) is 0 Å². The smallest absolute Gasteiger partial charge is 0.243 e. The van der Waals surface area contributed by atoms with Crippen LogP contribution in [-0.4, -0.2) is 76.6 Å². The highest BCUT2D eigenvalue weighted by atomic mass is 35.5. The van der Waals surface area contributed by atoms with Gasteiger partial charge in [-0.25, -0.2) is 8.42 Å². The Labute approximate surface area is 194 Å². The first-order chi connectivity index (χ1) is 15.4. The molecule has 174 valence electrons. The summed E-state index contributed by atoms with van der Waals surface area (Å²) in [6.07, 6.45) is 0. The van der Waals surface area contributed by atoms with Crippen LogP contribution in [0, 0.1) is 0 Å². The number of morpholine rings is 1. The van der Waals surface area contributed by atoms with Gasteiger partial charge in [0.15, 0.2) is 0 Å². The minimum atomic E-state index is -3.98. The van der Waals surface area contributed by atoms with Crippen molar-refractivity contribution in [3.63, 3.8) is 0 Å². The molecule has 0 unspecified atom stereocenters. The maximum Gasteiger partial charge on any atom is 0.243 e. The van der Waals surface area contributed by atoms with E-state index in [1.54, 1.807) is 0 Å². The molecule has 1 amide bonds. The molecule has 2 aromatic rings. The second kappa shape index (κ2) is 11.6. The molecule has 0 atom stereocenters. The van der Waals surface area contributed by atoms with E-state index in [1.807, 2.05) is 30.3 Å². The van der Waals surface area contributed by atoms with Gasteiger partial charge in [0.25, 0.3) is 0 Å². The van der Waals surface area contributed by atoms with Gasteiger partial charge in [-0.15, -0.1) is 0 Å². The summed E-state index contributed by atoms with van der Waals surface area (Å²) in [5.41, 5.74) is 0.775. The molecule has 1 aliphatic heterocycles. The molecule has 0 aliphatic carbocycles. The fraction of sp³-hybridized carbons (Fsp3) is 0.409. The normalized spacial score (nSPS) is 15.0.